The topological polar surface area (TPSA) is 74.1 Å². The summed E-state index contributed by atoms with van der Waals surface area (Å²) in [6.07, 6.45) is 0. The number of benzene rings is 3. The molecule has 0 aliphatic carbocycles. The van der Waals surface area contributed by atoms with Gasteiger partial charge >= 0.3 is 15.6 Å². The Balaban J connectivity index is 1.99. The molecule has 0 bridgehead atoms. The molecule has 0 fully saturated rings. The van der Waals surface area contributed by atoms with E-state index in [-0.39, 0.29) is 5.69 Å². The molecule has 0 aliphatic heterocycles. The van der Waals surface area contributed by atoms with Crippen molar-refractivity contribution >= 4 is 31.9 Å². The minimum absolute atomic E-state index is 0.00266. The van der Waals surface area contributed by atoms with Gasteiger partial charge in [0.25, 0.3) is 0 Å². The zero-order chi connectivity index (χ0) is 19.2. The molecule has 0 amide bonds. The average Bonchev–Trinajstić information content (AvgIpc) is 3.03. The van der Waals surface area contributed by atoms with Gasteiger partial charge in [-0.2, -0.15) is 21.6 Å². The van der Waals surface area contributed by atoms with E-state index in [1.165, 1.54) is 6.07 Å². The fourth-order valence-electron chi connectivity index (χ4n) is 2.63. The molecule has 4 rings (SSSR count). The van der Waals surface area contributed by atoms with Crippen molar-refractivity contribution in [2.24, 2.45) is 0 Å². The molecule has 0 unspecified atom stereocenters. The third kappa shape index (κ3) is 2.97. The predicted molar refractivity (Wildman–Crippen MR) is 92.0 cm³/mol. The number of rotatable bonds is 3. The van der Waals surface area contributed by atoms with Crippen LogP contribution >= 0.6 is 0 Å². The van der Waals surface area contributed by atoms with Gasteiger partial charge in [0.2, 0.25) is 0 Å². The smallest absolute Gasteiger partial charge is 0.374 e. The first-order valence-corrected chi connectivity index (χ1v) is 9.02. The van der Waals surface area contributed by atoms with Crippen molar-refractivity contribution in [3.05, 3.63) is 60.7 Å². The van der Waals surface area contributed by atoms with Crippen LogP contribution in [0.15, 0.2) is 60.7 Å². The number of aromatic nitrogens is 3. The van der Waals surface area contributed by atoms with E-state index in [4.69, 9.17) is 0 Å². The number of halogens is 3. The Labute approximate surface area is 150 Å². The van der Waals surface area contributed by atoms with Crippen molar-refractivity contribution in [3.8, 4) is 11.4 Å². The maximum Gasteiger partial charge on any atom is 0.534 e. The maximum atomic E-state index is 12.8. The number of hydrogen-bond donors (Lipinski definition) is 0. The van der Waals surface area contributed by atoms with Gasteiger partial charge in [0, 0.05) is 5.39 Å². The van der Waals surface area contributed by atoms with Crippen LogP contribution in [0.25, 0.3) is 27.5 Å². The lowest BCUT2D eigenvalue weighted by Crippen LogP contribution is -2.28. The minimum atomic E-state index is -5.85. The maximum absolute atomic E-state index is 12.8. The minimum Gasteiger partial charge on any atom is -0.374 e. The molecule has 3 aromatic carbocycles. The highest BCUT2D eigenvalue weighted by Crippen LogP contribution is 2.35. The van der Waals surface area contributed by atoms with Gasteiger partial charge in [-0.05, 0) is 23.6 Å². The molecule has 10 heteroatoms. The number of fused-ring (bicyclic) bond motifs is 2. The van der Waals surface area contributed by atoms with Crippen molar-refractivity contribution in [1.82, 2.24) is 15.0 Å². The van der Waals surface area contributed by atoms with Gasteiger partial charge in [0.05, 0.1) is 0 Å². The van der Waals surface area contributed by atoms with E-state index in [9.17, 15) is 21.6 Å². The number of alkyl halides is 3. The summed E-state index contributed by atoms with van der Waals surface area (Å²) < 4.78 is 65.8. The Morgan fingerprint density at radius 1 is 0.852 bits per heavy atom. The SMILES string of the molecule is O=S(=O)(Oc1ccc2ccccc2c1-n1nc2ccccc2n1)C(F)(F)F. The summed E-state index contributed by atoms with van der Waals surface area (Å²) in [7, 11) is -5.85. The van der Waals surface area contributed by atoms with E-state index in [0.717, 1.165) is 10.9 Å². The second-order valence-corrected chi connectivity index (χ2v) is 7.13. The summed E-state index contributed by atoms with van der Waals surface area (Å²) in [6.45, 7) is 0. The van der Waals surface area contributed by atoms with Gasteiger partial charge in [-0.15, -0.1) is 15.0 Å². The van der Waals surface area contributed by atoms with Crippen molar-refractivity contribution in [3.63, 3.8) is 0 Å². The third-order valence-electron chi connectivity index (χ3n) is 3.83. The van der Waals surface area contributed by atoms with Crippen LogP contribution < -0.4 is 4.18 Å². The lowest BCUT2D eigenvalue weighted by molar-refractivity contribution is -0.0500. The lowest BCUT2D eigenvalue weighted by atomic mass is 10.1. The average molecular weight is 393 g/mol. The third-order valence-corrected chi connectivity index (χ3v) is 4.80. The molecule has 0 saturated heterocycles. The van der Waals surface area contributed by atoms with E-state index in [2.05, 4.69) is 14.4 Å². The normalized spacial score (nSPS) is 12.6. The van der Waals surface area contributed by atoms with Gasteiger partial charge < -0.3 is 4.18 Å². The molecule has 6 nitrogen and oxygen atoms in total. The van der Waals surface area contributed by atoms with Crippen LogP contribution in [-0.4, -0.2) is 28.9 Å². The molecule has 1 aromatic heterocycles. The Kier molecular flexibility index (Phi) is 3.81. The quantitative estimate of drug-likeness (QED) is 0.391. The van der Waals surface area contributed by atoms with Crippen LogP contribution in [0.1, 0.15) is 0 Å². The van der Waals surface area contributed by atoms with E-state index < -0.39 is 21.4 Å². The Bertz CT molecular complexity index is 1230. The van der Waals surface area contributed by atoms with Gasteiger partial charge in [-0.25, -0.2) is 0 Å². The molecule has 0 aliphatic rings. The highest BCUT2D eigenvalue weighted by molar-refractivity contribution is 7.88. The summed E-state index contributed by atoms with van der Waals surface area (Å²) in [5, 5.41) is 9.57. The zero-order valence-electron chi connectivity index (χ0n) is 13.4. The van der Waals surface area contributed by atoms with Gasteiger partial charge in [0.15, 0.2) is 5.75 Å². The lowest BCUT2D eigenvalue weighted by Gasteiger charge is -2.14. The highest BCUT2D eigenvalue weighted by Gasteiger charge is 2.49. The Hall–Kier alpha value is -3.14. The summed E-state index contributed by atoms with van der Waals surface area (Å²) in [5.74, 6) is -0.522. The molecule has 0 spiro atoms. The summed E-state index contributed by atoms with van der Waals surface area (Å²) in [4.78, 5) is 1.08. The summed E-state index contributed by atoms with van der Waals surface area (Å²) in [6, 6.07) is 16.2. The molecule has 0 atom stereocenters. The standard InChI is InChI=1S/C17H10F3N3O3S/c18-17(19,20)27(24,25)26-15-10-9-11-5-1-2-6-12(11)16(15)23-21-13-7-3-4-8-14(13)22-23/h1-10H. The highest BCUT2D eigenvalue weighted by atomic mass is 32.2. The second-order valence-electron chi connectivity index (χ2n) is 5.59. The molecule has 0 radical (unpaired) electrons. The number of nitrogens with zero attached hydrogens (tertiary/aromatic N) is 3. The molecular formula is C17H10F3N3O3S. The van der Waals surface area contributed by atoms with E-state index in [1.54, 1.807) is 48.5 Å². The fourth-order valence-corrected chi connectivity index (χ4v) is 3.10. The molecule has 0 N–H and O–H groups in total. The van der Waals surface area contributed by atoms with Crippen molar-refractivity contribution in [2.45, 2.75) is 5.51 Å². The first kappa shape index (κ1) is 17.3. The zero-order valence-corrected chi connectivity index (χ0v) is 14.2. The monoisotopic (exact) mass is 393 g/mol. The van der Waals surface area contributed by atoms with Gasteiger partial charge in [-0.3, -0.25) is 0 Å². The molecule has 4 aromatic rings. The van der Waals surface area contributed by atoms with Crippen molar-refractivity contribution < 1.29 is 25.8 Å². The largest absolute Gasteiger partial charge is 0.534 e. The molecule has 138 valence electrons. The van der Waals surface area contributed by atoms with Crippen LogP contribution in [0.4, 0.5) is 13.2 Å². The van der Waals surface area contributed by atoms with Crippen LogP contribution in [0.2, 0.25) is 0 Å². The second kappa shape index (κ2) is 5.95. The Morgan fingerprint density at radius 2 is 1.44 bits per heavy atom. The molecule has 1 heterocycles. The first-order valence-electron chi connectivity index (χ1n) is 7.61. The van der Waals surface area contributed by atoms with E-state index >= 15 is 0 Å². The fraction of sp³-hybridized carbons (Fsp3) is 0.0588. The van der Waals surface area contributed by atoms with Crippen LogP contribution in [-0.2, 0) is 10.1 Å². The van der Waals surface area contributed by atoms with Gasteiger partial charge in [0.1, 0.15) is 16.7 Å². The number of hydrogen-bond acceptors (Lipinski definition) is 5. The van der Waals surface area contributed by atoms with E-state index in [0.29, 0.717) is 21.8 Å². The molecular weight excluding hydrogens is 383 g/mol. The Morgan fingerprint density at radius 3 is 2.07 bits per heavy atom. The summed E-state index contributed by atoms with van der Waals surface area (Å²) in [5.41, 5.74) is -4.57. The predicted octanol–water partition coefficient (Wildman–Crippen LogP) is 3.80. The van der Waals surface area contributed by atoms with Crippen LogP contribution in [0, 0.1) is 0 Å². The van der Waals surface area contributed by atoms with Crippen molar-refractivity contribution in [2.75, 3.05) is 0 Å². The van der Waals surface area contributed by atoms with Crippen molar-refractivity contribution in [1.29, 1.82) is 0 Å². The van der Waals surface area contributed by atoms with Crippen LogP contribution in [0.5, 0.6) is 5.75 Å². The van der Waals surface area contributed by atoms with Crippen LogP contribution in [0.3, 0.4) is 0 Å². The summed E-state index contributed by atoms with van der Waals surface area (Å²) >= 11 is 0. The van der Waals surface area contributed by atoms with E-state index in [1.807, 2.05) is 0 Å². The first-order chi connectivity index (χ1) is 12.8. The molecule has 27 heavy (non-hydrogen) atoms. The van der Waals surface area contributed by atoms with Gasteiger partial charge in [-0.1, -0.05) is 42.5 Å². The molecule has 0 saturated carbocycles.